The summed E-state index contributed by atoms with van der Waals surface area (Å²) in [4.78, 5) is 29.7. The van der Waals surface area contributed by atoms with Crippen LogP contribution in [0.15, 0.2) is 11.8 Å². The third kappa shape index (κ3) is 6.20. The summed E-state index contributed by atoms with van der Waals surface area (Å²) < 4.78 is 4.98. The van der Waals surface area contributed by atoms with Crippen LogP contribution in [0.25, 0.3) is 0 Å². The van der Waals surface area contributed by atoms with Crippen molar-refractivity contribution in [1.29, 1.82) is 5.26 Å². The third-order valence-corrected chi connectivity index (χ3v) is 4.44. The highest BCUT2D eigenvalue weighted by atomic mass is 16.6. The van der Waals surface area contributed by atoms with Gasteiger partial charge in [0.2, 0.25) is 0 Å². The standard InChI is InChI=1S/C17H28N6O3/c1-2-26-17(25)23-11-9-22(10-12-23)14-15(13-18)16(24)20-5-8-21-6-3-19-4-7-21/h14,19H,2-12H2,1H3,(H,20,24)/b15-14-. The molecule has 9 heteroatoms. The van der Waals surface area contributed by atoms with Gasteiger partial charge in [0, 0.05) is 71.6 Å². The van der Waals surface area contributed by atoms with Gasteiger partial charge < -0.3 is 25.2 Å². The van der Waals surface area contributed by atoms with Crippen LogP contribution in [-0.4, -0.2) is 98.8 Å². The molecular weight excluding hydrogens is 336 g/mol. The molecular formula is C17H28N6O3. The Morgan fingerprint density at radius 3 is 2.50 bits per heavy atom. The highest BCUT2D eigenvalue weighted by Gasteiger charge is 2.21. The maximum Gasteiger partial charge on any atom is 0.409 e. The molecule has 2 aliphatic rings. The molecule has 0 bridgehead atoms. The van der Waals surface area contributed by atoms with Gasteiger partial charge in [0.15, 0.2) is 0 Å². The Bertz CT molecular complexity index is 545. The van der Waals surface area contributed by atoms with Crippen LogP contribution < -0.4 is 10.6 Å². The Kier molecular flexibility index (Phi) is 8.18. The lowest BCUT2D eigenvalue weighted by Crippen LogP contribution is -2.47. The second-order valence-electron chi connectivity index (χ2n) is 6.22. The van der Waals surface area contributed by atoms with Crippen LogP contribution in [0.4, 0.5) is 4.79 Å². The van der Waals surface area contributed by atoms with Crippen molar-refractivity contribution in [2.75, 3.05) is 72.1 Å². The number of amides is 2. The first-order valence-corrected chi connectivity index (χ1v) is 9.13. The van der Waals surface area contributed by atoms with Gasteiger partial charge in [-0.15, -0.1) is 0 Å². The molecule has 2 N–H and O–H groups in total. The minimum Gasteiger partial charge on any atom is -0.450 e. The zero-order chi connectivity index (χ0) is 18.8. The van der Waals surface area contributed by atoms with Crippen molar-refractivity contribution in [3.8, 4) is 6.07 Å². The van der Waals surface area contributed by atoms with E-state index in [0.717, 1.165) is 32.7 Å². The number of carbonyl (C=O) groups is 2. The van der Waals surface area contributed by atoms with Crippen LogP contribution in [0.5, 0.6) is 0 Å². The topological polar surface area (TPSA) is 101 Å². The zero-order valence-corrected chi connectivity index (χ0v) is 15.4. The first-order valence-electron chi connectivity index (χ1n) is 9.13. The van der Waals surface area contributed by atoms with Crippen molar-refractivity contribution in [3.63, 3.8) is 0 Å². The average molecular weight is 364 g/mol. The lowest BCUT2D eigenvalue weighted by Gasteiger charge is -2.33. The Hall–Kier alpha value is -2.31. The number of ether oxygens (including phenoxy) is 1. The van der Waals surface area contributed by atoms with E-state index in [4.69, 9.17) is 4.74 Å². The summed E-state index contributed by atoms with van der Waals surface area (Å²) in [6.45, 7) is 9.47. The molecule has 0 unspecified atom stereocenters. The van der Waals surface area contributed by atoms with Gasteiger partial charge in [0.05, 0.1) is 6.61 Å². The van der Waals surface area contributed by atoms with E-state index in [1.807, 2.05) is 11.0 Å². The molecule has 0 aliphatic carbocycles. The van der Waals surface area contributed by atoms with Gasteiger partial charge in [-0.2, -0.15) is 5.26 Å². The summed E-state index contributed by atoms with van der Waals surface area (Å²) >= 11 is 0. The normalized spacial score (nSPS) is 19.0. The lowest BCUT2D eigenvalue weighted by molar-refractivity contribution is -0.117. The van der Waals surface area contributed by atoms with E-state index in [1.54, 1.807) is 18.0 Å². The molecule has 0 aromatic rings. The van der Waals surface area contributed by atoms with Gasteiger partial charge in [-0.1, -0.05) is 0 Å². The van der Waals surface area contributed by atoms with Crippen LogP contribution in [0, 0.1) is 11.3 Å². The number of hydrogen-bond acceptors (Lipinski definition) is 7. The fourth-order valence-electron chi connectivity index (χ4n) is 2.93. The number of rotatable bonds is 6. The Balaban J connectivity index is 1.75. The molecule has 0 radical (unpaired) electrons. The number of nitrogens with one attached hydrogen (secondary N) is 2. The van der Waals surface area contributed by atoms with E-state index in [1.165, 1.54) is 0 Å². The smallest absolute Gasteiger partial charge is 0.409 e. The molecule has 2 aliphatic heterocycles. The Morgan fingerprint density at radius 2 is 1.88 bits per heavy atom. The van der Waals surface area contributed by atoms with Crippen LogP contribution in [-0.2, 0) is 9.53 Å². The van der Waals surface area contributed by atoms with E-state index in [9.17, 15) is 14.9 Å². The quantitative estimate of drug-likeness (QED) is 0.469. The van der Waals surface area contributed by atoms with Crippen molar-refractivity contribution >= 4 is 12.0 Å². The second-order valence-corrected chi connectivity index (χ2v) is 6.22. The molecule has 0 aromatic heterocycles. The summed E-state index contributed by atoms with van der Waals surface area (Å²) in [6, 6.07) is 1.97. The largest absolute Gasteiger partial charge is 0.450 e. The van der Waals surface area contributed by atoms with Crippen molar-refractivity contribution in [3.05, 3.63) is 11.8 Å². The predicted molar refractivity (Wildman–Crippen MR) is 96.2 cm³/mol. The van der Waals surface area contributed by atoms with Gasteiger partial charge in [-0.25, -0.2) is 4.79 Å². The number of nitrogens with zero attached hydrogens (tertiary/aromatic N) is 4. The molecule has 0 spiro atoms. The molecule has 2 rings (SSSR count). The molecule has 26 heavy (non-hydrogen) atoms. The third-order valence-electron chi connectivity index (χ3n) is 4.44. The first kappa shape index (κ1) is 20.0. The summed E-state index contributed by atoms with van der Waals surface area (Å²) in [5.41, 5.74) is 0.0925. The summed E-state index contributed by atoms with van der Waals surface area (Å²) in [5.74, 6) is -0.351. The lowest BCUT2D eigenvalue weighted by atomic mass is 10.2. The summed E-state index contributed by atoms with van der Waals surface area (Å²) in [6.07, 6.45) is 1.27. The van der Waals surface area contributed by atoms with E-state index in [-0.39, 0.29) is 17.6 Å². The minimum atomic E-state index is -0.351. The van der Waals surface area contributed by atoms with E-state index in [0.29, 0.717) is 39.3 Å². The van der Waals surface area contributed by atoms with Crippen LogP contribution in [0.2, 0.25) is 0 Å². The Morgan fingerprint density at radius 1 is 1.19 bits per heavy atom. The second kappa shape index (κ2) is 10.6. The number of hydrogen-bond donors (Lipinski definition) is 2. The van der Waals surface area contributed by atoms with Crippen molar-refractivity contribution < 1.29 is 14.3 Å². The summed E-state index contributed by atoms with van der Waals surface area (Å²) in [5, 5.41) is 15.4. The van der Waals surface area contributed by atoms with Gasteiger partial charge in [0.1, 0.15) is 11.6 Å². The van der Waals surface area contributed by atoms with Gasteiger partial charge >= 0.3 is 6.09 Å². The van der Waals surface area contributed by atoms with Crippen molar-refractivity contribution in [1.82, 2.24) is 25.3 Å². The molecule has 9 nitrogen and oxygen atoms in total. The first-order chi connectivity index (χ1) is 12.6. The maximum absolute atomic E-state index is 12.2. The van der Waals surface area contributed by atoms with Crippen LogP contribution in [0.3, 0.4) is 0 Å². The summed E-state index contributed by atoms with van der Waals surface area (Å²) in [7, 11) is 0. The fraction of sp³-hybridized carbons (Fsp3) is 0.706. The van der Waals surface area contributed by atoms with Gasteiger partial charge in [-0.3, -0.25) is 9.69 Å². The van der Waals surface area contributed by atoms with Crippen LogP contribution >= 0.6 is 0 Å². The van der Waals surface area contributed by atoms with Gasteiger partial charge in [-0.05, 0) is 6.92 Å². The SMILES string of the molecule is CCOC(=O)N1CCN(/C=C(/C#N)C(=O)NCCN2CCNCC2)CC1. The van der Waals surface area contributed by atoms with Crippen LogP contribution in [0.1, 0.15) is 6.92 Å². The number of carbonyl (C=O) groups excluding carboxylic acids is 2. The number of piperazine rings is 2. The minimum absolute atomic E-state index is 0.0925. The van der Waals surface area contributed by atoms with Gasteiger partial charge in [0.25, 0.3) is 5.91 Å². The molecule has 0 aromatic carbocycles. The highest BCUT2D eigenvalue weighted by Crippen LogP contribution is 2.06. The molecule has 2 heterocycles. The highest BCUT2D eigenvalue weighted by molar-refractivity contribution is 5.97. The monoisotopic (exact) mass is 364 g/mol. The maximum atomic E-state index is 12.2. The molecule has 2 saturated heterocycles. The van der Waals surface area contributed by atoms with E-state index >= 15 is 0 Å². The predicted octanol–water partition coefficient (Wildman–Crippen LogP) is -0.811. The average Bonchev–Trinajstić information content (AvgIpc) is 2.67. The number of nitriles is 1. The zero-order valence-electron chi connectivity index (χ0n) is 15.4. The molecule has 2 amide bonds. The van der Waals surface area contributed by atoms with E-state index in [2.05, 4.69) is 15.5 Å². The van der Waals surface area contributed by atoms with Crippen molar-refractivity contribution in [2.45, 2.75) is 6.92 Å². The fourth-order valence-corrected chi connectivity index (χ4v) is 2.93. The Labute approximate surface area is 154 Å². The molecule has 0 saturated carbocycles. The van der Waals surface area contributed by atoms with E-state index < -0.39 is 0 Å². The van der Waals surface area contributed by atoms with Crippen molar-refractivity contribution in [2.24, 2.45) is 0 Å². The molecule has 0 atom stereocenters. The molecule has 2 fully saturated rings. The molecule has 144 valence electrons.